The molecule has 0 fully saturated rings. The highest BCUT2D eigenvalue weighted by Gasteiger charge is 2.08. The molecule has 13 heavy (non-hydrogen) atoms. The van der Waals surface area contributed by atoms with Gasteiger partial charge in [0.05, 0.1) is 6.61 Å². The van der Waals surface area contributed by atoms with E-state index in [1.165, 1.54) is 19.3 Å². The first-order valence-electron chi connectivity index (χ1n) is 5.14. The minimum atomic E-state index is -0.490. The lowest BCUT2D eigenvalue weighted by atomic mass is 10.0. The van der Waals surface area contributed by atoms with Crippen molar-refractivity contribution in [2.45, 2.75) is 45.6 Å². The lowest BCUT2D eigenvalue weighted by Crippen LogP contribution is -2.16. The van der Waals surface area contributed by atoms with Crippen LogP contribution < -0.4 is 0 Å². The number of rotatable bonds is 8. The largest absolute Gasteiger partial charge is 0.370 e. The Kier molecular flexibility index (Phi) is 8.00. The summed E-state index contributed by atoms with van der Waals surface area (Å²) in [6.45, 7) is 8.56. The predicted octanol–water partition coefficient (Wildman–Crippen LogP) is 2.62. The van der Waals surface area contributed by atoms with Crippen molar-refractivity contribution in [2.24, 2.45) is 5.92 Å². The summed E-state index contributed by atoms with van der Waals surface area (Å²) in [5, 5.41) is 0. The monoisotopic (exact) mass is 185 g/mol. The molecular weight excluding hydrogens is 164 g/mol. The van der Waals surface area contributed by atoms with E-state index in [4.69, 9.17) is 4.74 Å². The van der Waals surface area contributed by atoms with Crippen molar-refractivity contribution in [3.8, 4) is 0 Å². The fourth-order valence-electron chi connectivity index (χ4n) is 1.20. The van der Waals surface area contributed by atoms with Gasteiger partial charge in [0.2, 0.25) is 0 Å². The molecule has 0 aromatic rings. The number of carbonyl (C=O) groups excluding carboxylic acids is 1. The molecule has 0 aromatic carbocycles. The molecule has 0 amide bonds. The number of hydrogen-bond donors (Lipinski definition) is 0. The van der Waals surface area contributed by atoms with Crippen LogP contribution in [-0.2, 0) is 9.53 Å². The quantitative estimate of drug-likeness (QED) is 0.543. The Morgan fingerprint density at radius 3 is 2.62 bits per heavy atom. The van der Waals surface area contributed by atoms with Crippen LogP contribution in [0.3, 0.4) is 0 Å². The SMILES string of the molecule is [CH2]C(C=O)OCC(CC)CCCC. The van der Waals surface area contributed by atoms with E-state index in [2.05, 4.69) is 20.8 Å². The first-order valence-corrected chi connectivity index (χ1v) is 5.14. The summed E-state index contributed by atoms with van der Waals surface area (Å²) in [5.41, 5.74) is 0. The highest BCUT2D eigenvalue weighted by Crippen LogP contribution is 2.13. The zero-order valence-corrected chi connectivity index (χ0v) is 8.79. The van der Waals surface area contributed by atoms with E-state index in [1.54, 1.807) is 0 Å². The fourth-order valence-corrected chi connectivity index (χ4v) is 1.20. The summed E-state index contributed by atoms with van der Waals surface area (Å²) < 4.78 is 5.26. The van der Waals surface area contributed by atoms with Gasteiger partial charge in [0, 0.05) is 0 Å². The highest BCUT2D eigenvalue weighted by molar-refractivity contribution is 5.56. The van der Waals surface area contributed by atoms with Gasteiger partial charge in [-0.25, -0.2) is 0 Å². The molecule has 0 aliphatic rings. The van der Waals surface area contributed by atoms with Crippen LogP contribution in [0, 0.1) is 12.8 Å². The van der Waals surface area contributed by atoms with E-state index in [1.807, 2.05) is 0 Å². The summed E-state index contributed by atoms with van der Waals surface area (Å²) in [6, 6.07) is 0. The molecule has 0 rings (SSSR count). The van der Waals surface area contributed by atoms with Crippen LogP contribution in [0.15, 0.2) is 0 Å². The molecule has 0 aliphatic carbocycles. The van der Waals surface area contributed by atoms with Gasteiger partial charge in [-0.15, -0.1) is 0 Å². The minimum Gasteiger partial charge on any atom is -0.370 e. The van der Waals surface area contributed by atoms with Gasteiger partial charge < -0.3 is 9.53 Å². The summed E-state index contributed by atoms with van der Waals surface area (Å²) >= 11 is 0. The van der Waals surface area contributed by atoms with Crippen molar-refractivity contribution >= 4 is 6.29 Å². The van der Waals surface area contributed by atoms with Gasteiger partial charge in [0.15, 0.2) is 0 Å². The molecule has 0 aromatic heterocycles. The van der Waals surface area contributed by atoms with E-state index in [0.717, 1.165) is 12.7 Å². The van der Waals surface area contributed by atoms with E-state index in [0.29, 0.717) is 12.5 Å². The van der Waals surface area contributed by atoms with E-state index >= 15 is 0 Å². The van der Waals surface area contributed by atoms with Gasteiger partial charge >= 0.3 is 0 Å². The third-order valence-electron chi connectivity index (χ3n) is 2.24. The maximum absolute atomic E-state index is 10.2. The van der Waals surface area contributed by atoms with Gasteiger partial charge in [-0.05, 0) is 19.3 Å². The molecule has 0 spiro atoms. The van der Waals surface area contributed by atoms with Crippen LogP contribution in [0.25, 0.3) is 0 Å². The molecule has 0 aliphatic heterocycles. The van der Waals surface area contributed by atoms with Crippen molar-refractivity contribution in [1.82, 2.24) is 0 Å². The van der Waals surface area contributed by atoms with Gasteiger partial charge in [0.25, 0.3) is 0 Å². The smallest absolute Gasteiger partial charge is 0.148 e. The molecule has 2 nitrogen and oxygen atoms in total. The Morgan fingerprint density at radius 2 is 2.15 bits per heavy atom. The first-order chi connectivity index (χ1) is 6.24. The molecule has 0 N–H and O–H groups in total. The van der Waals surface area contributed by atoms with Crippen molar-refractivity contribution in [2.75, 3.05) is 6.61 Å². The lowest BCUT2D eigenvalue weighted by Gasteiger charge is -2.15. The van der Waals surface area contributed by atoms with E-state index < -0.39 is 6.10 Å². The second-order valence-corrected chi connectivity index (χ2v) is 3.42. The molecule has 77 valence electrons. The Morgan fingerprint density at radius 1 is 1.46 bits per heavy atom. The standard InChI is InChI=1S/C11H21O2/c1-4-6-7-11(5-2)9-13-10(3)8-12/h8,10-11H,3-7,9H2,1-2H3. The van der Waals surface area contributed by atoms with Crippen LogP contribution in [0.2, 0.25) is 0 Å². The summed E-state index contributed by atoms with van der Waals surface area (Å²) in [7, 11) is 0. The molecule has 0 heterocycles. The zero-order valence-electron chi connectivity index (χ0n) is 8.79. The number of aldehydes is 1. The van der Waals surface area contributed by atoms with Crippen LogP contribution in [0.4, 0.5) is 0 Å². The molecule has 0 bridgehead atoms. The second kappa shape index (κ2) is 8.24. The predicted molar refractivity (Wildman–Crippen MR) is 54.5 cm³/mol. The lowest BCUT2D eigenvalue weighted by molar-refractivity contribution is -0.116. The fraction of sp³-hybridized carbons (Fsp3) is 0.818. The normalized spacial score (nSPS) is 15.3. The Balaban J connectivity index is 3.52. The van der Waals surface area contributed by atoms with Crippen molar-refractivity contribution in [3.05, 3.63) is 6.92 Å². The maximum atomic E-state index is 10.2. The van der Waals surface area contributed by atoms with Crippen LogP contribution in [0.5, 0.6) is 0 Å². The van der Waals surface area contributed by atoms with Crippen molar-refractivity contribution in [3.63, 3.8) is 0 Å². The Bertz CT molecular complexity index is 123. The molecule has 2 heteroatoms. The van der Waals surface area contributed by atoms with Crippen LogP contribution in [0.1, 0.15) is 39.5 Å². The van der Waals surface area contributed by atoms with Gasteiger partial charge in [-0.3, -0.25) is 0 Å². The van der Waals surface area contributed by atoms with Gasteiger partial charge in [-0.1, -0.05) is 33.1 Å². The Hall–Kier alpha value is -0.370. The van der Waals surface area contributed by atoms with Gasteiger partial charge in [-0.2, -0.15) is 0 Å². The maximum Gasteiger partial charge on any atom is 0.148 e. The van der Waals surface area contributed by atoms with Crippen molar-refractivity contribution in [1.29, 1.82) is 0 Å². The van der Waals surface area contributed by atoms with E-state index in [-0.39, 0.29) is 0 Å². The van der Waals surface area contributed by atoms with Crippen LogP contribution >= 0.6 is 0 Å². The summed E-state index contributed by atoms with van der Waals surface area (Å²) in [6.07, 6.45) is 5.02. The topological polar surface area (TPSA) is 26.3 Å². The number of ether oxygens (including phenoxy) is 1. The summed E-state index contributed by atoms with van der Waals surface area (Å²) in [5.74, 6) is 0.587. The molecular formula is C11H21O2. The number of carbonyl (C=O) groups is 1. The van der Waals surface area contributed by atoms with Crippen molar-refractivity contribution < 1.29 is 9.53 Å². The highest BCUT2D eigenvalue weighted by atomic mass is 16.5. The average Bonchev–Trinajstić information content (AvgIpc) is 2.17. The molecule has 0 saturated heterocycles. The third kappa shape index (κ3) is 6.76. The third-order valence-corrected chi connectivity index (χ3v) is 2.24. The summed E-state index contributed by atoms with van der Waals surface area (Å²) in [4.78, 5) is 10.2. The molecule has 2 unspecified atom stereocenters. The van der Waals surface area contributed by atoms with Gasteiger partial charge in [0.1, 0.15) is 12.4 Å². The minimum absolute atomic E-state index is 0.490. The number of hydrogen-bond acceptors (Lipinski definition) is 2. The first kappa shape index (κ1) is 12.6. The molecule has 1 radical (unpaired) electrons. The number of unbranched alkanes of at least 4 members (excludes halogenated alkanes) is 1. The zero-order chi connectivity index (χ0) is 10.1. The Labute approximate surface area is 81.7 Å². The second-order valence-electron chi connectivity index (χ2n) is 3.42. The molecule has 0 saturated carbocycles. The average molecular weight is 185 g/mol. The van der Waals surface area contributed by atoms with Crippen LogP contribution in [-0.4, -0.2) is 19.0 Å². The molecule has 2 atom stereocenters. The van der Waals surface area contributed by atoms with E-state index in [9.17, 15) is 4.79 Å².